The molecule has 2 rings (SSSR count). The first kappa shape index (κ1) is 14.9. The number of benzene rings is 1. The van der Waals surface area contributed by atoms with Gasteiger partial charge in [-0.25, -0.2) is 4.79 Å². The van der Waals surface area contributed by atoms with Gasteiger partial charge in [0.2, 0.25) is 0 Å². The first-order valence-electron chi connectivity index (χ1n) is 6.66. The Morgan fingerprint density at radius 3 is 2.43 bits per heavy atom. The molecular formula is C15H18N2O4. The van der Waals surface area contributed by atoms with E-state index in [-0.39, 0.29) is 0 Å². The fourth-order valence-electron chi connectivity index (χ4n) is 2.19. The Balaban J connectivity index is 2.38. The summed E-state index contributed by atoms with van der Waals surface area (Å²) in [6.45, 7) is 4.11. The molecule has 3 amide bonds. The van der Waals surface area contributed by atoms with Crippen LogP contribution in [0.15, 0.2) is 35.6 Å². The van der Waals surface area contributed by atoms with Crippen LogP contribution in [0.3, 0.4) is 0 Å². The zero-order valence-electron chi connectivity index (χ0n) is 12.2. The molecule has 0 aromatic heterocycles. The molecule has 112 valence electrons. The smallest absolute Gasteiger partial charge is 0.322 e. The molecule has 21 heavy (non-hydrogen) atoms. The quantitative estimate of drug-likeness (QED) is 0.887. The van der Waals surface area contributed by atoms with Crippen LogP contribution < -0.4 is 15.4 Å². The Morgan fingerprint density at radius 1 is 1.19 bits per heavy atom. The lowest BCUT2D eigenvalue weighted by molar-refractivity contribution is -0.116. The van der Waals surface area contributed by atoms with E-state index in [2.05, 4.69) is 10.6 Å². The van der Waals surface area contributed by atoms with Gasteiger partial charge >= 0.3 is 6.03 Å². The van der Waals surface area contributed by atoms with Gasteiger partial charge in [0.1, 0.15) is 17.6 Å². The van der Waals surface area contributed by atoms with Gasteiger partial charge in [0.25, 0.3) is 5.91 Å². The van der Waals surface area contributed by atoms with Crippen molar-refractivity contribution in [2.75, 3.05) is 13.7 Å². The first-order chi connectivity index (χ1) is 10.1. The molecule has 1 aliphatic rings. The van der Waals surface area contributed by atoms with Crippen LogP contribution in [-0.4, -0.2) is 25.7 Å². The van der Waals surface area contributed by atoms with Crippen LogP contribution in [0.4, 0.5) is 4.79 Å². The van der Waals surface area contributed by atoms with Gasteiger partial charge in [0.05, 0.1) is 19.3 Å². The molecule has 0 spiro atoms. The Hall–Kier alpha value is -2.50. The van der Waals surface area contributed by atoms with E-state index in [1.807, 2.05) is 31.2 Å². The summed E-state index contributed by atoms with van der Waals surface area (Å²) in [5, 5.41) is 4.95. The van der Waals surface area contributed by atoms with Gasteiger partial charge in [-0.15, -0.1) is 0 Å². The molecule has 1 aliphatic heterocycles. The average molecular weight is 290 g/mol. The molecule has 0 saturated carbocycles. The number of nitrogens with one attached hydrogen (secondary N) is 2. The van der Waals surface area contributed by atoms with Crippen molar-refractivity contribution in [3.8, 4) is 5.75 Å². The third-order valence-electron chi connectivity index (χ3n) is 3.22. The van der Waals surface area contributed by atoms with Crippen molar-refractivity contribution in [2.24, 2.45) is 0 Å². The van der Waals surface area contributed by atoms with Gasteiger partial charge in [0.15, 0.2) is 0 Å². The number of imide groups is 1. The van der Waals surface area contributed by atoms with Gasteiger partial charge in [-0.3, -0.25) is 10.1 Å². The van der Waals surface area contributed by atoms with E-state index in [1.54, 1.807) is 6.92 Å². The molecule has 6 nitrogen and oxygen atoms in total. The molecule has 6 heteroatoms. The van der Waals surface area contributed by atoms with Gasteiger partial charge in [0, 0.05) is 0 Å². The zero-order valence-corrected chi connectivity index (χ0v) is 12.2. The molecule has 0 bridgehead atoms. The second kappa shape index (κ2) is 6.30. The second-order valence-electron chi connectivity index (χ2n) is 4.56. The van der Waals surface area contributed by atoms with Crippen LogP contribution in [0.25, 0.3) is 0 Å². The normalized spacial score (nSPS) is 18.7. The molecule has 0 unspecified atom stereocenters. The lowest BCUT2D eigenvalue weighted by atomic mass is 10.0. The van der Waals surface area contributed by atoms with Crippen LogP contribution >= 0.6 is 0 Å². The van der Waals surface area contributed by atoms with E-state index >= 15 is 0 Å². The maximum atomic E-state index is 11.8. The summed E-state index contributed by atoms with van der Waals surface area (Å²) in [5.74, 6) is 0.704. The second-order valence-corrected chi connectivity index (χ2v) is 4.56. The lowest BCUT2D eigenvalue weighted by Gasteiger charge is -2.20. The van der Waals surface area contributed by atoms with Gasteiger partial charge in [-0.2, -0.15) is 0 Å². The summed E-state index contributed by atoms with van der Waals surface area (Å²) in [6.07, 6.45) is 0. The van der Waals surface area contributed by atoms with Crippen LogP contribution in [0, 0.1) is 0 Å². The summed E-state index contributed by atoms with van der Waals surface area (Å²) in [6, 6.07) is 6.22. The number of hydrogen-bond donors (Lipinski definition) is 2. The minimum absolute atomic E-state index is 0.370. The highest BCUT2D eigenvalue weighted by atomic mass is 16.5. The molecule has 0 saturated heterocycles. The van der Waals surface area contributed by atoms with Crippen molar-refractivity contribution in [2.45, 2.75) is 19.9 Å². The maximum Gasteiger partial charge on any atom is 0.322 e. The SMILES string of the molecule is CCOc1ccc([C@H]2NC(=O)NC(=O)C(C)=C2OC)cc1. The van der Waals surface area contributed by atoms with E-state index in [4.69, 9.17) is 9.47 Å². The minimum atomic E-state index is -0.551. The van der Waals surface area contributed by atoms with Crippen molar-refractivity contribution in [3.63, 3.8) is 0 Å². The third kappa shape index (κ3) is 3.16. The predicted molar refractivity (Wildman–Crippen MR) is 76.7 cm³/mol. The van der Waals surface area contributed by atoms with Crippen molar-refractivity contribution >= 4 is 11.9 Å². The first-order valence-corrected chi connectivity index (χ1v) is 6.66. The summed E-state index contributed by atoms with van der Waals surface area (Å²) in [7, 11) is 1.48. The fourth-order valence-corrected chi connectivity index (χ4v) is 2.19. The number of rotatable bonds is 4. The van der Waals surface area contributed by atoms with E-state index in [1.165, 1.54) is 7.11 Å². The average Bonchev–Trinajstić information content (AvgIpc) is 2.57. The van der Waals surface area contributed by atoms with E-state index < -0.39 is 18.0 Å². The van der Waals surface area contributed by atoms with Crippen molar-refractivity contribution < 1.29 is 19.1 Å². The van der Waals surface area contributed by atoms with Crippen LogP contribution in [0.5, 0.6) is 5.75 Å². The number of carbonyl (C=O) groups is 2. The molecular weight excluding hydrogens is 272 g/mol. The van der Waals surface area contributed by atoms with Crippen molar-refractivity contribution in [1.82, 2.24) is 10.6 Å². The van der Waals surface area contributed by atoms with Crippen molar-refractivity contribution in [3.05, 3.63) is 41.2 Å². The third-order valence-corrected chi connectivity index (χ3v) is 3.22. The Morgan fingerprint density at radius 2 is 1.86 bits per heavy atom. The Bertz CT molecular complexity index is 578. The van der Waals surface area contributed by atoms with Crippen LogP contribution in [-0.2, 0) is 9.53 Å². The standard InChI is InChI=1S/C15H18N2O4/c1-4-21-11-7-5-10(6-8-11)12-13(20-3)9(2)14(18)17-15(19)16-12/h5-8,12H,4H2,1-3H3,(H2,16,17,18,19)/t12-/m1/s1. The highest BCUT2D eigenvalue weighted by Crippen LogP contribution is 2.28. The molecule has 1 aromatic rings. The summed E-state index contributed by atoms with van der Waals surface area (Å²) in [4.78, 5) is 23.5. The van der Waals surface area contributed by atoms with Crippen LogP contribution in [0.1, 0.15) is 25.5 Å². The van der Waals surface area contributed by atoms with E-state index in [0.29, 0.717) is 17.9 Å². The molecule has 2 N–H and O–H groups in total. The minimum Gasteiger partial charge on any atom is -0.498 e. The van der Waals surface area contributed by atoms with E-state index in [9.17, 15) is 9.59 Å². The number of methoxy groups -OCH3 is 1. The summed E-state index contributed by atoms with van der Waals surface area (Å²) in [5.41, 5.74) is 1.18. The Kier molecular flexibility index (Phi) is 4.47. The summed E-state index contributed by atoms with van der Waals surface area (Å²) >= 11 is 0. The highest BCUT2D eigenvalue weighted by molar-refractivity contribution is 6.05. The monoisotopic (exact) mass is 290 g/mol. The molecule has 1 heterocycles. The van der Waals surface area contributed by atoms with Gasteiger partial charge in [-0.05, 0) is 31.5 Å². The molecule has 0 fully saturated rings. The maximum absolute atomic E-state index is 11.8. The Labute approximate surface area is 123 Å². The lowest BCUT2D eigenvalue weighted by Crippen LogP contribution is -2.38. The fraction of sp³-hybridized carbons (Fsp3) is 0.333. The number of hydrogen-bond acceptors (Lipinski definition) is 4. The molecule has 1 aromatic carbocycles. The molecule has 0 aliphatic carbocycles. The van der Waals surface area contributed by atoms with Crippen molar-refractivity contribution in [1.29, 1.82) is 0 Å². The van der Waals surface area contributed by atoms with Gasteiger partial charge < -0.3 is 14.8 Å². The number of amides is 3. The van der Waals surface area contributed by atoms with Gasteiger partial charge in [-0.1, -0.05) is 12.1 Å². The topological polar surface area (TPSA) is 76.7 Å². The number of urea groups is 1. The van der Waals surface area contributed by atoms with Crippen LogP contribution in [0.2, 0.25) is 0 Å². The van der Waals surface area contributed by atoms with E-state index in [0.717, 1.165) is 11.3 Å². The molecule has 0 radical (unpaired) electrons. The highest BCUT2D eigenvalue weighted by Gasteiger charge is 2.29. The summed E-state index contributed by atoms with van der Waals surface area (Å²) < 4.78 is 10.7. The largest absolute Gasteiger partial charge is 0.498 e. The number of ether oxygens (including phenoxy) is 2. The number of carbonyl (C=O) groups excluding carboxylic acids is 2. The molecule has 1 atom stereocenters. The predicted octanol–water partition coefficient (Wildman–Crippen LogP) is 1.89. The zero-order chi connectivity index (χ0) is 15.4.